The van der Waals surface area contributed by atoms with Crippen LogP contribution in [-0.4, -0.2) is 35.6 Å². The highest BCUT2D eigenvalue weighted by molar-refractivity contribution is 7.80. The highest BCUT2D eigenvalue weighted by Gasteiger charge is 2.15. The van der Waals surface area contributed by atoms with E-state index in [1.54, 1.807) is 24.3 Å². The predicted octanol–water partition coefficient (Wildman–Crippen LogP) is 1.60. The first-order valence-electron chi connectivity index (χ1n) is 4.99. The van der Waals surface area contributed by atoms with Gasteiger partial charge in [0.25, 0.3) is 5.91 Å². The molecular weight excluding hydrogens is 222 g/mol. The van der Waals surface area contributed by atoms with Crippen molar-refractivity contribution in [2.45, 2.75) is 4.90 Å². The van der Waals surface area contributed by atoms with Gasteiger partial charge in [0.2, 0.25) is 0 Å². The lowest BCUT2D eigenvalue weighted by molar-refractivity contribution is 0.0739. The number of benzene rings is 1. The van der Waals surface area contributed by atoms with Gasteiger partial charge >= 0.3 is 0 Å². The van der Waals surface area contributed by atoms with Gasteiger partial charge < -0.3 is 10.0 Å². The van der Waals surface area contributed by atoms with E-state index in [0.717, 1.165) is 0 Å². The minimum atomic E-state index is -0.139. The minimum Gasteiger partial charge on any atom is -0.395 e. The zero-order chi connectivity index (χ0) is 12.0. The Bertz CT molecular complexity index is 379. The van der Waals surface area contributed by atoms with Crippen LogP contribution in [0, 0.1) is 0 Å². The van der Waals surface area contributed by atoms with E-state index >= 15 is 0 Å². The zero-order valence-corrected chi connectivity index (χ0v) is 9.86. The molecule has 0 saturated carbocycles. The number of aliphatic hydroxyl groups is 1. The molecule has 0 aliphatic rings. The van der Waals surface area contributed by atoms with Gasteiger partial charge in [-0.2, -0.15) is 0 Å². The molecular formula is C12H15NO2S. The van der Waals surface area contributed by atoms with Gasteiger partial charge in [0.05, 0.1) is 12.2 Å². The number of amides is 1. The van der Waals surface area contributed by atoms with E-state index in [2.05, 4.69) is 19.2 Å². The quantitative estimate of drug-likeness (QED) is 0.603. The number of carbonyl (C=O) groups is 1. The summed E-state index contributed by atoms with van der Waals surface area (Å²) in [6.45, 7) is 4.24. The maximum absolute atomic E-state index is 12.1. The van der Waals surface area contributed by atoms with Crippen molar-refractivity contribution in [3.63, 3.8) is 0 Å². The lowest BCUT2D eigenvalue weighted by Gasteiger charge is -2.20. The van der Waals surface area contributed by atoms with Crippen LogP contribution in [0.2, 0.25) is 0 Å². The molecule has 0 atom stereocenters. The van der Waals surface area contributed by atoms with Gasteiger partial charge in [0, 0.05) is 18.0 Å². The van der Waals surface area contributed by atoms with E-state index in [0.29, 0.717) is 23.5 Å². The molecule has 0 aromatic heterocycles. The van der Waals surface area contributed by atoms with Crippen LogP contribution in [0.3, 0.4) is 0 Å². The normalized spacial score (nSPS) is 9.88. The van der Waals surface area contributed by atoms with Crippen LogP contribution in [0.15, 0.2) is 41.8 Å². The summed E-state index contributed by atoms with van der Waals surface area (Å²) in [5, 5.41) is 8.88. The fourth-order valence-electron chi connectivity index (χ4n) is 1.38. The summed E-state index contributed by atoms with van der Waals surface area (Å²) in [7, 11) is 0. The average molecular weight is 237 g/mol. The maximum atomic E-state index is 12.1. The first-order valence-corrected chi connectivity index (χ1v) is 5.44. The highest BCUT2D eigenvalue weighted by Crippen LogP contribution is 2.15. The summed E-state index contributed by atoms with van der Waals surface area (Å²) in [6.07, 6.45) is 1.63. The van der Waals surface area contributed by atoms with Crippen molar-refractivity contribution in [1.82, 2.24) is 4.90 Å². The second-order valence-electron chi connectivity index (χ2n) is 3.28. The number of carbonyl (C=O) groups excluding carboxylic acids is 1. The average Bonchev–Trinajstić information content (AvgIpc) is 2.28. The van der Waals surface area contributed by atoms with Crippen molar-refractivity contribution >= 4 is 18.5 Å². The summed E-state index contributed by atoms with van der Waals surface area (Å²) in [5.74, 6) is -0.139. The number of hydrogen-bond acceptors (Lipinski definition) is 3. The van der Waals surface area contributed by atoms with Crippen LogP contribution in [0.5, 0.6) is 0 Å². The molecule has 0 heterocycles. The van der Waals surface area contributed by atoms with Gasteiger partial charge in [-0.25, -0.2) is 0 Å². The van der Waals surface area contributed by atoms with E-state index in [-0.39, 0.29) is 12.5 Å². The third-order valence-electron chi connectivity index (χ3n) is 2.14. The minimum absolute atomic E-state index is 0.0612. The van der Waals surface area contributed by atoms with E-state index < -0.39 is 0 Å². The summed E-state index contributed by atoms with van der Waals surface area (Å²) in [5.41, 5.74) is 0.543. The molecule has 0 radical (unpaired) electrons. The topological polar surface area (TPSA) is 40.5 Å². The van der Waals surface area contributed by atoms with Crippen molar-refractivity contribution in [1.29, 1.82) is 0 Å². The maximum Gasteiger partial charge on any atom is 0.255 e. The molecule has 1 aromatic carbocycles. The lowest BCUT2D eigenvalue weighted by atomic mass is 10.2. The number of nitrogens with zero attached hydrogens (tertiary/aromatic N) is 1. The molecule has 0 aliphatic carbocycles. The van der Waals surface area contributed by atoms with Gasteiger partial charge in [-0.3, -0.25) is 4.79 Å². The fraction of sp³-hybridized carbons (Fsp3) is 0.250. The number of hydrogen-bond donors (Lipinski definition) is 2. The Kier molecular flexibility index (Phi) is 5.08. The van der Waals surface area contributed by atoms with E-state index in [1.165, 1.54) is 4.90 Å². The summed E-state index contributed by atoms with van der Waals surface area (Å²) < 4.78 is 0. The highest BCUT2D eigenvalue weighted by atomic mass is 32.1. The molecule has 0 spiro atoms. The SMILES string of the molecule is C=CCN(CCO)C(=O)c1ccccc1S. The van der Waals surface area contributed by atoms with Crippen molar-refractivity contribution in [3.8, 4) is 0 Å². The molecule has 3 nitrogen and oxygen atoms in total. The first-order chi connectivity index (χ1) is 7.70. The molecule has 0 bridgehead atoms. The van der Waals surface area contributed by atoms with Gasteiger partial charge in [-0.1, -0.05) is 18.2 Å². The van der Waals surface area contributed by atoms with Gasteiger partial charge in [0.15, 0.2) is 0 Å². The van der Waals surface area contributed by atoms with Crippen LogP contribution in [0.4, 0.5) is 0 Å². The smallest absolute Gasteiger partial charge is 0.255 e. The van der Waals surface area contributed by atoms with Crippen molar-refractivity contribution in [2.24, 2.45) is 0 Å². The molecule has 1 aromatic rings. The number of aliphatic hydroxyl groups excluding tert-OH is 1. The third kappa shape index (κ3) is 3.12. The molecule has 1 amide bonds. The Labute approximate surface area is 101 Å². The lowest BCUT2D eigenvalue weighted by Crippen LogP contribution is -2.33. The van der Waals surface area contributed by atoms with Crippen LogP contribution < -0.4 is 0 Å². The Morgan fingerprint density at radius 3 is 2.75 bits per heavy atom. The first kappa shape index (κ1) is 12.8. The van der Waals surface area contributed by atoms with Crippen molar-refractivity contribution in [2.75, 3.05) is 19.7 Å². The van der Waals surface area contributed by atoms with Crippen LogP contribution in [0.1, 0.15) is 10.4 Å². The standard InChI is InChI=1S/C12H15NO2S/c1-2-7-13(8-9-14)12(15)10-5-3-4-6-11(10)16/h2-6,14,16H,1,7-9H2. The van der Waals surface area contributed by atoms with Crippen molar-refractivity contribution in [3.05, 3.63) is 42.5 Å². The molecule has 4 heteroatoms. The fourth-order valence-corrected chi connectivity index (χ4v) is 1.63. The Morgan fingerprint density at radius 1 is 1.50 bits per heavy atom. The van der Waals surface area contributed by atoms with Crippen molar-refractivity contribution < 1.29 is 9.90 Å². The van der Waals surface area contributed by atoms with Crippen LogP contribution in [0.25, 0.3) is 0 Å². The van der Waals surface area contributed by atoms with Gasteiger partial charge in [-0.05, 0) is 12.1 Å². The Morgan fingerprint density at radius 2 is 2.19 bits per heavy atom. The molecule has 0 aliphatic heterocycles. The molecule has 0 fully saturated rings. The molecule has 86 valence electrons. The number of rotatable bonds is 5. The molecule has 16 heavy (non-hydrogen) atoms. The Balaban J connectivity index is 2.89. The van der Waals surface area contributed by atoms with Crippen LogP contribution in [-0.2, 0) is 0 Å². The molecule has 0 unspecified atom stereocenters. The van der Waals surface area contributed by atoms with Gasteiger partial charge in [0.1, 0.15) is 0 Å². The van der Waals surface area contributed by atoms with E-state index in [4.69, 9.17) is 5.11 Å². The van der Waals surface area contributed by atoms with E-state index in [9.17, 15) is 4.79 Å². The van der Waals surface area contributed by atoms with Crippen LogP contribution >= 0.6 is 12.6 Å². The summed E-state index contributed by atoms with van der Waals surface area (Å²) in [4.78, 5) is 14.2. The predicted molar refractivity (Wildman–Crippen MR) is 66.9 cm³/mol. The monoisotopic (exact) mass is 237 g/mol. The molecule has 1 rings (SSSR count). The second-order valence-corrected chi connectivity index (χ2v) is 3.76. The zero-order valence-electron chi connectivity index (χ0n) is 8.97. The summed E-state index contributed by atoms with van der Waals surface area (Å²) >= 11 is 4.23. The Hall–Kier alpha value is -1.26. The van der Waals surface area contributed by atoms with E-state index in [1.807, 2.05) is 6.07 Å². The molecule has 0 saturated heterocycles. The summed E-state index contributed by atoms with van der Waals surface area (Å²) in [6, 6.07) is 7.10. The molecule has 1 N–H and O–H groups in total. The number of thiol groups is 1. The van der Waals surface area contributed by atoms with Gasteiger partial charge in [-0.15, -0.1) is 19.2 Å². The third-order valence-corrected chi connectivity index (χ3v) is 2.53. The second kappa shape index (κ2) is 6.35. The largest absolute Gasteiger partial charge is 0.395 e.